The zero-order valence-electron chi connectivity index (χ0n) is 16.5. The molecule has 0 spiro atoms. The lowest BCUT2D eigenvalue weighted by Gasteiger charge is -2.33. The number of nitrogens with one attached hydrogen (secondary N) is 1. The monoisotopic (exact) mass is 406 g/mol. The lowest BCUT2D eigenvalue weighted by atomic mass is 10.2. The lowest BCUT2D eigenvalue weighted by Crippen LogP contribution is -2.49. The fraction of sp³-hybridized carbons (Fsp3) is 0.304. The van der Waals surface area contributed by atoms with Gasteiger partial charge < -0.3 is 5.32 Å². The zero-order valence-corrected chi connectivity index (χ0v) is 17.3. The summed E-state index contributed by atoms with van der Waals surface area (Å²) in [5, 5.41) is 6.30. The minimum atomic E-state index is 0.0923. The van der Waals surface area contributed by atoms with Crippen LogP contribution >= 0.6 is 11.3 Å². The predicted octanol–water partition coefficient (Wildman–Crippen LogP) is 3.24. The normalized spacial score (nSPS) is 15.3. The lowest BCUT2D eigenvalue weighted by molar-refractivity contribution is -0.122. The minimum absolute atomic E-state index is 0.0923. The molecular weight excluding hydrogens is 380 g/mol. The minimum Gasteiger partial charge on any atom is -0.351 e. The molecule has 0 bridgehead atoms. The molecule has 29 heavy (non-hydrogen) atoms. The van der Waals surface area contributed by atoms with Crippen LogP contribution in [0, 0.1) is 0 Å². The highest BCUT2D eigenvalue weighted by atomic mass is 32.1. The predicted molar refractivity (Wildman–Crippen MR) is 118 cm³/mol. The molecule has 1 amide bonds. The van der Waals surface area contributed by atoms with E-state index in [1.54, 1.807) is 11.3 Å². The fourth-order valence-electron chi connectivity index (χ4n) is 3.48. The smallest absolute Gasteiger partial charge is 0.234 e. The van der Waals surface area contributed by atoms with Gasteiger partial charge in [-0.15, -0.1) is 11.3 Å². The number of hydrogen-bond donors (Lipinski definition) is 1. The van der Waals surface area contributed by atoms with E-state index in [4.69, 9.17) is 4.98 Å². The second-order valence-corrected chi connectivity index (χ2v) is 8.25. The summed E-state index contributed by atoms with van der Waals surface area (Å²) in [6, 6.07) is 20.3. The van der Waals surface area contributed by atoms with Crippen LogP contribution < -0.4 is 5.32 Å². The topological polar surface area (TPSA) is 48.5 Å². The average molecular weight is 407 g/mol. The summed E-state index contributed by atoms with van der Waals surface area (Å²) in [6.45, 7) is 5.69. The molecule has 1 aromatic heterocycles. The molecule has 0 unspecified atom stereocenters. The standard InChI is InChI=1S/C23H26N4OS/c28-22(24-15-19-7-3-1-4-8-19)16-26-11-13-27(14-12-26)17-23-25-21(18-29-23)20-9-5-2-6-10-20/h1-10,18H,11-17H2,(H,24,28). The van der Waals surface area contributed by atoms with Crippen molar-refractivity contribution in [3.63, 3.8) is 0 Å². The number of hydrogen-bond acceptors (Lipinski definition) is 5. The van der Waals surface area contributed by atoms with Gasteiger partial charge in [0, 0.05) is 43.7 Å². The Hall–Kier alpha value is -2.54. The summed E-state index contributed by atoms with van der Waals surface area (Å²) in [5.74, 6) is 0.0923. The molecule has 150 valence electrons. The molecule has 1 aliphatic heterocycles. The number of piperazine rings is 1. The molecule has 0 saturated carbocycles. The van der Waals surface area contributed by atoms with Gasteiger partial charge in [-0.3, -0.25) is 14.6 Å². The summed E-state index contributed by atoms with van der Waals surface area (Å²) in [5.41, 5.74) is 3.35. The first-order valence-corrected chi connectivity index (χ1v) is 10.9. The van der Waals surface area contributed by atoms with Crippen LogP contribution in [-0.2, 0) is 17.9 Å². The van der Waals surface area contributed by atoms with Crippen LogP contribution in [0.25, 0.3) is 11.3 Å². The summed E-state index contributed by atoms with van der Waals surface area (Å²) in [4.78, 5) is 21.7. The van der Waals surface area contributed by atoms with E-state index in [-0.39, 0.29) is 5.91 Å². The Morgan fingerprint density at radius 3 is 2.31 bits per heavy atom. The van der Waals surface area contributed by atoms with Crippen molar-refractivity contribution in [3.8, 4) is 11.3 Å². The second kappa shape index (κ2) is 9.78. The number of nitrogens with zero attached hydrogens (tertiary/aromatic N) is 3. The zero-order chi connectivity index (χ0) is 19.9. The molecule has 0 atom stereocenters. The molecule has 2 heterocycles. The van der Waals surface area contributed by atoms with Gasteiger partial charge in [0.2, 0.25) is 5.91 Å². The molecule has 6 heteroatoms. The fourth-order valence-corrected chi connectivity index (χ4v) is 4.32. The van der Waals surface area contributed by atoms with Gasteiger partial charge in [-0.05, 0) is 5.56 Å². The Balaban J connectivity index is 1.20. The quantitative estimate of drug-likeness (QED) is 0.654. The number of carbonyl (C=O) groups excluding carboxylic acids is 1. The van der Waals surface area contributed by atoms with Gasteiger partial charge >= 0.3 is 0 Å². The molecule has 1 aliphatic rings. The van der Waals surface area contributed by atoms with Crippen molar-refractivity contribution in [2.24, 2.45) is 0 Å². The average Bonchev–Trinajstić information content (AvgIpc) is 3.24. The highest BCUT2D eigenvalue weighted by molar-refractivity contribution is 7.09. The molecule has 4 rings (SSSR count). The molecule has 0 radical (unpaired) electrons. The van der Waals surface area contributed by atoms with E-state index in [1.807, 2.05) is 48.5 Å². The van der Waals surface area contributed by atoms with Crippen LogP contribution in [0.5, 0.6) is 0 Å². The van der Waals surface area contributed by atoms with E-state index in [9.17, 15) is 4.79 Å². The molecule has 3 aromatic rings. The van der Waals surface area contributed by atoms with Gasteiger partial charge in [-0.2, -0.15) is 0 Å². The maximum absolute atomic E-state index is 12.2. The summed E-state index contributed by atoms with van der Waals surface area (Å²) < 4.78 is 0. The number of amides is 1. The highest BCUT2D eigenvalue weighted by Gasteiger charge is 2.20. The van der Waals surface area contributed by atoms with Gasteiger partial charge in [0.25, 0.3) is 0 Å². The first kappa shape index (κ1) is 19.8. The van der Waals surface area contributed by atoms with Crippen LogP contribution in [0.2, 0.25) is 0 Å². The number of carbonyl (C=O) groups is 1. The Morgan fingerprint density at radius 2 is 1.59 bits per heavy atom. The third kappa shape index (κ3) is 5.73. The van der Waals surface area contributed by atoms with Crippen LogP contribution in [0.4, 0.5) is 0 Å². The molecule has 5 nitrogen and oxygen atoms in total. The molecule has 1 fully saturated rings. The first-order chi connectivity index (χ1) is 14.3. The Bertz CT molecular complexity index is 905. The number of rotatable bonds is 7. The summed E-state index contributed by atoms with van der Waals surface area (Å²) in [6.07, 6.45) is 0. The van der Waals surface area contributed by atoms with Gasteiger partial charge in [0.1, 0.15) is 5.01 Å². The second-order valence-electron chi connectivity index (χ2n) is 7.31. The van der Waals surface area contributed by atoms with Crippen molar-refractivity contribution in [2.45, 2.75) is 13.1 Å². The van der Waals surface area contributed by atoms with E-state index in [2.05, 4.69) is 32.6 Å². The maximum atomic E-state index is 12.2. The van der Waals surface area contributed by atoms with Gasteiger partial charge in [0.15, 0.2) is 0 Å². The molecular formula is C23H26N4OS. The summed E-state index contributed by atoms with van der Waals surface area (Å²) >= 11 is 1.72. The highest BCUT2D eigenvalue weighted by Crippen LogP contribution is 2.22. The Labute approximate surface area is 176 Å². The Morgan fingerprint density at radius 1 is 0.931 bits per heavy atom. The molecule has 1 saturated heterocycles. The van der Waals surface area contributed by atoms with Gasteiger partial charge in [0.05, 0.1) is 18.8 Å². The van der Waals surface area contributed by atoms with Crippen LogP contribution in [0.3, 0.4) is 0 Å². The van der Waals surface area contributed by atoms with E-state index >= 15 is 0 Å². The molecule has 2 aromatic carbocycles. The number of aromatic nitrogens is 1. The van der Waals surface area contributed by atoms with E-state index in [1.165, 1.54) is 5.56 Å². The van der Waals surface area contributed by atoms with Gasteiger partial charge in [-0.1, -0.05) is 60.7 Å². The third-order valence-corrected chi connectivity index (χ3v) is 5.98. The van der Waals surface area contributed by atoms with Crippen molar-refractivity contribution < 1.29 is 4.79 Å². The van der Waals surface area contributed by atoms with Crippen LogP contribution in [-0.4, -0.2) is 53.4 Å². The van der Waals surface area contributed by atoms with E-state index < -0.39 is 0 Å². The van der Waals surface area contributed by atoms with Crippen molar-refractivity contribution in [3.05, 3.63) is 76.6 Å². The number of thiazole rings is 1. The Kier molecular flexibility index (Phi) is 6.67. The van der Waals surface area contributed by atoms with Crippen molar-refractivity contribution in [1.82, 2.24) is 20.1 Å². The van der Waals surface area contributed by atoms with Crippen molar-refractivity contribution in [2.75, 3.05) is 32.7 Å². The van der Waals surface area contributed by atoms with Crippen molar-refractivity contribution >= 4 is 17.2 Å². The van der Waals surface area contributed by atoms with Crippen molar-refractivity contribution in [1.29, 1.82) is 0 Å². The molecule has 1 N–H and O–H groups in total. The largest absolute Gasteiger partial charge is 0.351 e. The van der Waals surface area contributed by atoms with Gasteiger partial charge in [-0.25, -0.2) is 4.98 Å². The third-order valence-electron chi connectivity index (χ3n) is 5.14. The van der Waals surface area contributed by atoms with E-state index in [0.717, 1.165) is 49.0 Å². The van der Waals surface area contributed by atoms with E-state index in [0.29, 0.717) is 13.1 Å². The number of benzene rings is 2. The van der Waals surface area contributed by atoms with Crippen LogP contribution in [0.15, 0.2) is 66.0 Å². The SMILES string of the molecule is O=C(CN1CCN(Cc2nc(-c3ccccc3)cs2)CC1)NCc1ccccc1. The first-order valence-electron chi connectivity index (χ1n) is 10.0. The summed E-state index contributed by atoms with van der Waals surface area (Å²) in [7, 11) is 0. The maximum Gasteiger partial charge on any atom is 0.234 e. The van der Waals surface area contributed by atoms with Crippen LogP contribution in [0.1, 0.15) is 10.6 Å². The molecule has 0 aliphatic carbocycles.